The monoisotopic (exact) mass is 328 g/mol. The van der Waals surface area contributed by atoms with Crippen molar-refractivity contribution in [2.24, 2.45) is 0 Å². The van der Waals surface area contributed by atoms with Crippen LogP contribution in [0.3, 0.4) is 0 Å². The molecule has 2 heterocycles. The zero-order chi connectivity index (χ0) is 17.1. The van der Waals surface area contributed by atoms with E-state index in [1.807, 2.05) is 61.5 Å². The maximum absolute atomic E-state index is 4.70. The van der Waals surface area contributed by atoms with Crippen LogP contribution in [-0.2, 0) is 0 Å². The molecule has 0 radical (unpaired) electrons. The van der Waals surface area contributed by atoms with Crippen molar-refractivity contribution in [3.8, 4) is 22.6 Å². The standard InChI is InChI=1S/C19H16N6/c1-13-7-9-15(10-8-13)18-23-19(22-16-11-20-21-12-16)17(24-25-18)14-5-3-2-4-6-14/h2-12H,1H3,(H,20,21)(H,22,23,25). The molecular weight excluding hydrogens is 312 g/mol. The Bertz CT molecular complexity index is 963. The molecular formula is C19H16N6. The van der Waals surface area contributed by atoms with Gasteiger partial charge in [0.15, 0.2) is 11.6 Å². The van der Waals surface area contributed by atoms with Gasteiger partial charge in [-0.25, -0.2) is 4.98 Å². The Labute approximate surface area is 145 Å². The van der Waals surface area contributed by atoms with Crippen LogP contribution in [0.15, 0.2) is 67.0 Å². The van der Waals surface area contributed by atoms with Crippen molar-refractivity contribution in [3.63, 3.8) is 0 Å². The molecule has 0 spiro atoms. The van der Waals surface area contributed by atoms with Gasteiger partial charge in [-0.05, 0) is 6.92 Å². The number of aromatic nitrogens is 5. The molecule has 6 nitrogen and oxygen atoms in total. The smallest absolute Gasteiger partial charge is 0.183 e. The van der Waals surface area contributed by atoms with Gasteiger partial charge in [0.1, 0.15) is 5.69 Å². The molecule has 2 aromatic carbocycles. The Hall–Kier alpha value is -3.54. The van der Waals surface area contributed by atoms with Crippen molar-refractivity contribution in [1.82, 2.24) is 25.4 Å². The molecule has 2 aromatic heterocycles. The van der Waals surface area contributed by atoms with Crippen LogP contribution in [0.4, 0.5) is 11.5 Å². The first kappa shape index (κ1) is 15.0. The van der Waals surface area contributed by atoms with Crippen LogP contribution in [0.2, 0.25) is 0 Å². The number of nitrogens with zero attached hydrogens (tertiary/aromatic N) is 4. The fourth-order valence-corrected chi connectivity index (χ4v) is 2.48. The summed E-state index contributed by atoms with van der Waals surface area (Å²) in [6, 6.07) is 17.9. The lowest BCUT2D eigenvalue weighted by atomic mass is 10.1. The largest absolute Gasteiger partial charge is 0.336 e. The minimum Gasteiger partial charge on any atom is -0.336 e. The number of benzene rings is 2. The summed E-state index contributed by atoms with van der Waals surface area (Å²) in [6.07, 6.45) is 3.46. The van der Waals surface area contributed by atoms with E-state index in [0.29, 0.717) is 17.3 Å². The number of H-pyrrole nitrogens is 1. The molecule has 0 aliphatic rings. The Morgan fingerprint density at radius 2 is 1.68 bits per heavy atom. The lowest BCUT2D eigenvalue weighted by Gasteiger charge is -2.10. The molecule has 6 heteroatoms. The molecule has 25 heavy (non-hydrogen) atoms. The lowest BCUT2D eigenvalue weighted by Crippen LogP contribution is -2.03. The van der Waals surface area contributed by atoms with Crippen LogP contribution >= 0.6 is 0 Å². The number of hydrogen-bond acceptors (Lipinski definition) is 5. The van der Waals surface area contributed by atoms with Gasteiger partial charge in [0.05, 0.1) is 11.9 Å². The van der Waals surface area contributed by atoms with Crippen LogP contribution in [0.5, 0.6) is 0 Å². The third kappa shape index (κ3) is 3.23. The third-order valence-corrected chi connectivity index (χ3v) is 3.80. The molecule has 2 N–H and O–H groups in total. The average Bonchev–Trinajstić information content (AvgIpc) is 3.16. The first-order valence-electron chi connectivity index (χ1n) is 7.92. The van der Waals surface area contributed by atoms with Crippen LogP contribution in [0, 0.1) is 6.92 Å². The molecule has 0 unspecified atom stereocenters. The highest BCUT2D eigenvalue weighted by atomic mass is 15.2. The van der Waals surface area contributed by atoms with E-state index in [2.05, 4.69) is 25.7 Å². The molecule has 0 aliphatic heterocycles. The van der Waals surface area contributed by atoms with E-state index in [9.17, 15) is 0 Å². The molecule has 0 atom stereocenters. The second kappa shape index (κ2) is 6.52. The fourth-order valence-electron chi connectivity index (χ4n) is 2.48. The van der Waals surface area contributed by atoms with Crippen LogP contribution < -0.4 is 5.32 Å². The number of aromatic amines is 1. The number of hydrogen-bond donors (Lipinski definition) is 2. The van der Waals surface area contributed by atoms with Gasteiger partial charge in [-0.3, -0.25) is 5.10 Å². The number of nitrogens with one attached hydrogen (secondary N) is 2. The maximum atomic E-state index is 4.70. The van der Waals surface area contributed by atoms with Crippen molar-refractivity contribution >= 4 is 11.5 Å². The molecule has 122 valence electrons. The summed E-state index contributed by atoms with van der Waals surface area (Å²) in [6.45, 7) is 2.05. The number of rotatable bonds is 4. The van der Waals surface area contributed by atoms with E-state index < -0.39 is 0 Å². The third-order valence-electron chi connectivity index (χ3n) is 3.80. The highest BCUT2D eigenvalue weighted by Crippen LogP contribution is 2.28. The Morgan fingerprint density at radius 3 is 2.40 bits per heavy atom. The second-order valence-corrected chi connectivity index (χ2v) is 5.68. The normalized spacial score (nSPS) is 10.6. The van der Waals surface area contributed by atoms with Crippen LogP contribution in [0.1, 0.15) is 5.56 Å². The summed E-state index contributed by atoms with van der Waals surface area (Å²) in [7, 11) is 0. The van der Waals surface area contributed by atoms with Crippen molar-refractivity contribution in [1.29, 1.82) is 0 Å². The van der Waals surface area contributed by atoms with Gasteiger partial charge in [-0.2, -0.15) is 5.10 Å². The predicted octanol–water partition coefficient (Wildman–Crippen LogP) is 3.98. The molecule has 0 saturated heterocycles. The van der Waals surface area contributed by atoms with E-state index in [1.54, 1.807) is 12.4 Å². The summed E-state index contributed by atoms with van der Waals surface area (Å²) < 4.78 is 0. The van der Waals surface area contributed by atoms with Gasteiger partial charge in [-0.15, -0.1) is 10.2 Å². The zero-order valence-electron chi connectivity index (χ0n) is 13.6. The quantitative estimate of drug-likeness (QED) is 0.592. The molecule has 4 rings (SSSR count). The first-order chi connectivity index (χ1) is 12.3. The van der Waals surface area contributed by atoms with E-state index in [0.717, 1.165) is 16.8 Å². The average molecular weight is 328 g/mol. The molecule has 0 amide bonds. The van der Waals surface area contributed by atoms with Gasteiger partial charge in [-0.1, -0.05) is 60.2 Å². The summed E-state index contributed by atoms with van der Waals surface area (Å²) in [5, 5.41) is 18.8. The minimum absolute atomic E-state index is 0.575. The summed E-state index contributed by atoms with van der Waals surface area (Å²) in [5.74, 6) is 1.21. The van der Waals surface area contributed by atoms with Gasteiger partial charge in [0.2, 0.25) is 0 Å². The molecule has 0 aliphatic carbocycles. The van der Waals surface area contributed by atoms with E-state index >= 15 is 0 Å². The summed E-state index contributed by atoms with van der Waals surface area (Å²) in [4.78, 5) is 4.70. The minimum atomic E-state index is 0.575. The topological polar surface area (TPSA) is 79.4 Å². The lowest BCUT2D eigenvalue weighted by molar-refractivity contribution is 0.991. The van der Waals surface area contributed by atoms with E-state index in [4.69, 9.17) is 4.98 Å². The maximum Gasteiger partial charge on any atom is 0.183 e. The summed E-state index contributed by atoms with van der Waals surface area (Å²) >= 11 is 0. The van der Waals surface area contributed by atoms with Gasteiger partial charge in [0, 0.05) is 17.3 Å². The van der Waals surface area contributed by atoms with Gasteiger partial charge < -0.3 is 5.32 Å². The summed E-state index contributed by atoms with van der Waals surface area (Å²) in [5.41, 5.74) is 4.57. The SMILES string of the molecule is Cc1ccc(-c2nnc(-c3ccccc3)c(Nc3cn[nH]c3)n2)cc1. The number of anilines is 2. The van der Waals surface area contributed by atoms with Crippen molar-refractivity contribution in [3.05, 3.63) is 72.6 Å². The highest BCUT2D eigenvalue weighted by Gasteiger charge is 2.13. The molecule has 0 bridgehead atoms. The van der Waals surface area contributed by atoms with Crippen molar-refractivity contribution in [2.75, 3.05) is 5.32 Å². The van der Waals surface area contributed by atoms with Crippen LogP contribution in [-0.4, -0.2) is 25.4 Å². The number of aryl methyl sites for hydroxylation is 1. The Kier molecular flexibility index (Phi) is 3.92. The Balaban J connectivity index is 1.80. The molecule has 0 fully saturated rings. The van der Waals surface area contributed by atoms with Gasteiger partial charge >= 0.3 is 0 Å². The van der Waals surface area contributed by atoms with E-state index in [-0.39, 0.29) is 0 Å². The van der Waals surface area contributed by atoms with E-state index in [1.165, 1.54) is 5.56 Å². The highest BCUT2D eigenvalue weighted by molar-refractivity contribution is 5.75. The molecule has 4 aromatic rings. The first-order valence-corrected chi connectivity index (χ1v) is 7.92. The predicted molar refractivity (Wildman–Crippen MR) is 97.3 cm³/mol. The van der Waals surface area contributed by atoms with Gasteiger partial charge in [0.25, 0.3) is 0 Å². The Morgan fingerprint density at radius 1 is 0.880 bits per heavy atom. The van der Waals surface area contributed by atoms with Crippen LogP contribution in [0.25, 0.3) is 22.6 Å². The fraction of sp³-hybridized carbons (Fsp3) is 0.0526. The van der Waals surface area contributed by atoms with Crippen molar-refractivity contribution in [2.45, 2.75) is 6.92 Å². The van der Waals surface area contributed by atoms with Crippen molar-refractivity contribution < 1.29 is 0 Å². The second-order valence-electron chi connectivity index (χ2n) is 5.68. The molecule has 0 saturated carbocycles. The zero-order valence-corrected chi connectivity index (χ0v) is 13.6.